The topological polar surface area (TPSA) is 101 Å². The van der Waals surface area contributed by atoms with Crippen molar-refractivity contribution in [2.45, 2.75) is 6.54 Å². The molecule has 1 N–H and O–H groups in total. The van der Waals surface area contributed by atoms with E-state index in [4.69, 9.17) is 4.74 Å². The van der Waals surface area contributed by atoms with Gasteiger partial charge in [-0.2, -0.15) is 5.10 Å². The SMILES string of the molecule is COc1cc(C(=O)N(C)Cc2cn[nH]c2)ccc1[N+](=O)[O-]. The number of hydrogen-bond donors (Lipinski definition) is 1. The first kappa shape index (κ1) is 14.5. The van der Waals surface area contributed by atoms with E-state index < -0.39 is 4.92 Å². The normalized spacial score (nSPS) is 10.2. The van der Waals surface area contributed by atoms with E-state index in [1.54, 1.807) is 19.4 Å². The van der Waals surface area contributed by atoms with Crippen LogP contribution in [-0.4, -0.2) is 40.1 Å². The molecule has 0 radical (unpaired) electrons. The number of benzene rings is 1. The largest absolute Gasteiger partial charge is 0.490 e. The Morgan fingerprint density at radius 3 is 2.86 bits per heavy atom. The fraction of sp³-hybridized carbons (Fsp3) is 0.231. The third-order valence-corrected chi connectivity index (χ3v) is 2.94. The maximum Gasteiger partial charge on any atom is 0.310 e. The number of hydrogen-bond acceptors (Lipinski definition) is 5. The van der Waals surface area contributed by atoms with Gasteiger partial charge >= 0.3 is 5.69 Å². The minimum absolute atomic E-state index is 0.0579. The van der Waals surface area contributed by atoms with Gasteiger partial charge in [0, 0.05) is 43.0 Å². The lowest BCUT2D eigenvalue weighted by Crippen LogP contribution is -2.26. The number of nitrogens with zero attached hydrogens (tertiary/aromatic N) is 3. The van der Waals surface area contributed by atoms with Gasteiger partial charge in [-0.05, 0) is 6.07 Å². The van der Waals surface area contributed by atoms with Gasteiger partial charge in [-0.25, -0.2) is 0 Å². The lowest BCUT2D eigenvalue weighted by Gasteiger charge is -2.16. The molecule has 0 saturated heterocycles. The third kappa shape index (κ3) is 3.16. The summed E-state index contributed by atoms with van der Waals surface area (Å²) < 4.78 is 4.96. The van der Waals surface area contributed by atoms with E-state index in [2.05, 4.69) is 10.2 Å². The molecule has 0 spiro atoms. The maximum atomic E-state index is 12.3. The molecule has 1 heterocycles. The summed E-state index contributed by atoms with van der Waals surface area (Å²) >= 11 is 0. The summed E-state index contributed by atoms with van der Waals surface area (Å²) in [4.78, 5) is 24.1. The molecule has 0 aliphatic rings. The fourth-order valence-electron chi connectivity index (χ4n) is 1.89. The van der Waals surface area contributed by atoms with Crippen LogP contribution in [0, 0.1) is 10.1 Å². The number of aromatic nitrogens is 2. The van der Waals surface area contributed by atoms with Gasteiger partial charge in [0.1, 0.15) is 0 Å². The molecule has 2 aromatic rings. The predicted octanol–water partition coefficient (Wildman–Crippen LogP) is 1.60. The highest BCUT2D eigenvalue weighted by Crippen LogP contribution is 2.28. The number of nitrogens with one attached hydrogen (secondary N) is 1. The average Bonchev–Trinajstić information content (AvgIpc) is 2.98. The first-order valence-electron chi connectivity index (χ1n) is 6.08. The van der Waals surface area contributed by atoms with E-state index in [1.807, 2.05) is 0 Å². The molecule has 1 amide bonds. The zero-order chi connectivity index (χ0) is 15.4. The van der Waals surface area contributed by atoms with Gasteiger partial charge in [-0.1, -0.05) is 0 Å². The van der Waals surface area contributed by atoms with Crippen molar-refractivity contribution in [1.82, 2.24) is 15.1 Å². The van der Waals surface area contributed by atoms with Crippen molar-refractivity contribution in [1.29, 1.82) is 0 Å². The molecule has 0 saturated carbocycles. The van der Waals surface area contributed by atoms with Crippen molar-refractivity contribution >= 4 is 11.6 Å². The summed E-state index contributed by atoms with van der Waals surface area (Å²) in [5, 5.41) is 17.3. The van der Waals surface area contributed by atoms with Crippen molar-refractivity contribution in [2.24, 2.45) is 0 Å². The van der Waals surface area contributed by atoms with E-state index in [1.165, 1.54) is 30.2 Å². The summed E-state index contributed by atoms with van der Waals surface area (Å²) in [6.07, 6.45) is 3.32. The Morgan fingerprint density at radius 2 is 2.29 bits per heavy atom. The molecule has 0 bridgehead atoms. The number of amides is 1. The number of nitro groups is 1. The molecule has 0 aliphatic carbocycles. The van der Waals surface area contributed by atoms with E-state index in [0.29, 0.717) is 12.1 Å². The van der Waals surface area contributed by atoms with Crippen LogP contribution < -0.4 is 4.74 Å². The fourth-order valence-corrected chi connectivity index (χ4v) is 1.89. The van der Waals surface area contributed by atoms with Gasteiger partial charge in [-0.3, -0.25) is 20.0 Å². The molecule has 0 atom stereocenters. The van der Waals surface area contributed by atoms with Crippen LogP contribution in [0.5, 0.6) is 5.75 Å². The average molecular weight is 290 g/mol. The molecule has 8 heteroatoms. The molecule has 21 heavy (non-hydrogen) atoms. The van der Waals surface area contributed by atoms with Crippen LogP contribution in [0.4, 0.5) is 5.69 Å². The molecule has 110 valence electrons. The Labute approximate surface area is 120 Å². The van der Waals surface area contributed by atoms with Crippen molar-refractivity contribution in [3.8, 4) is 5.75 Å². The highest BCUT2D eigenvalue weighted by atomic mass is 16.6. The third-order valence-electron chi connectivity index (χ3n) is 2.94. The number of rotatable bonds is 5. The first-order valence-corrected chi connectivity index (χ1v) is 6.08. The van der Waals surface area contributed by atoms with E-state index in [-0.39, 0.29) is 17.3 Å². The van der Waals surface area contributed by atoms with Gasteiger partial charge in [0.05, 0.1) is 18.2 Å². The zero-order valence-electron chi connectivity index (χ0n) is 11.6. The molecular formula is C13H14N4O4. The Bertz CT molecular complexity index is 654. The molecule has 0 fully saturated rings. The zero-order valence-corrected chi connectivity index (χ0v) is 11.6. The minimum Gasteiger partial charge on any atom is -0.490 e. The monoisotopic (exact) mass is 290 g/mol. The number of ether oxygens (including phenoxy) is 1. The Morgan fingerprint density at radius 1 is 1.52 bits per heavy atom. The molecule has 2 rings (SSSR count). The van der Waals surface area contributed by atoms with Crippen LogP contribution in [0.25, 0.3) is 0 Å². The lowest BCUT2D eigenvalue weighted by atomic mass is 10.1. The quantitative estimate of drug-likeness (QED) is 0.665. The van der Waals surface area contributed by atoms with Crippen LogP contribution in [-0.2, 0) is 6.54 Å². The number of carbonyl (C=O) groups excluding carboxylic acids is 1. The molecule has 0 unspecified atom stereocenters. The van der Waals surface area contributed by atoms with Crippen molar-refractivity contribution in [3.63, 3.8) is 0 Å². The summed E-state index contributed by atoms with van der Waals surface area (Å²) in [5.41, 5.74) is 1.01. The summed E-state index contributed by atoms with van der Waals surface area (Å²) in [6.45, 7) is 0.384. The number of carbonyl (C=O) groups is 1. The Balaban J connectivity index is 2.20. The van der Waals surface area contributed by atoms with Crippen LogP contribution in [0.3, 0.4) is 0 Å². The van der Waals surface area contributed by atoms with E-state index in [0.717, 1.165) is 5.56 Å². The van der Waals surface area contributed by atoms with Crippen LogP contribution in [0.1, 0.15) is 15.9 Å². The smallest absolute Gasteiger partial charge is 0.310 e. The molecule has 8 nitrogen and oxygen atoms in total. The lowest BCUT2D eigenvalue weighted by molar-refractivity contribution is -0.385. The second-order valence-corrected chi connectivity index (χ2v) is 4.41. The van der Waals surface area contributed by atoms with Gasteiger partial charge in [0.15, 0.2) is 5.75 Å². The molecular weight excluding hydrogens is 276 g/mol. The van der Waals surface area contributed by atoms with E-state index in [9.17, 15) is 14.9 Å². The van der Waals surface area contributed by atoms with Crippen molar-refractivity contribution < 1.29 is 14.5 Å². The molecule has 1 aromatic carbocycles. The van der Waals surface area contributed by atoms with Gasteiger partial charge < -0.3 is 9.64 Å². The van der Waals surface area contributed by atoms with Crippen molar-refractivity contribution in [2.75, 3.05) is 14.2 Å². The number of nitro benzene ring substituents is 1. The first-order chi connectivity index (χ1) is 10.0. The van der Waals surface area contributed by atoms with Gasteiger partial charge in [0.2, 0.25) is 0 Å². The molecule has 1 aromatic heterocycles. The number of methoxy groups -OCH3 is 1. The standard InChI is InChI=1S/C13H14N4O4/c1-16(8-9-6-14-15-7-9)13(18)10-3-4-11(17(19)20)12(5-10)21-2/h3-7H,8H2,1-2H3,(H,14,15). The maximum absolute atomic E-state index is 12.3. The molecule has 0 aliphatic heterocycles. The predicted molar refractivity (Wildman–Crippen MR) is 74.0 cm³/mol. The second-order valence-electron chi connectivity index (χ2n) is 4.41. The Kier molecular flexibility index (Phi) is 4.17. The summed E-state index contributed by atoms with van der Waals surface area (Å²) in [7, 11) is 2.97. The summed E-state index contributed by atoms with van der Waals surface area (Å²) in [5.74, 6) is -0.202. The number of H-pyrrole nitrogens is 1. The van der Waals surface area contributed by atoms with Gasteiger partial charge in [0.25, 0.3) is 5.91 Å². The van der Waals surface area contributed by atoms with E-state index >= 15 is 0 Å². The van der Waals surface area contributed by atoms with Crippen molar-refractivity contribution in [3.05, 3.63) is 51.8 Å². The van der Waals surface area contributed by atoms with Gasteiger partial charge in [-0.15, -0.1) is 0 Å². The van der Waals surface area contributed by atoms with Crippen LogP contribution >= 0.6 is 0 Å². The summed E-state index contributed by atoms with van der Waals surface area (Å²) in [6, 6.07) is 4.04. The van der Waals surface area contributed by atoms with Crippen LogP contribution in [0.15, 0.2) is 30.6 Å². The minimum atomic E-state index is -0.553. The second kappa shape index (κ2) is 6.04. The number of aromatic amines is 1. The highest BCUT2D eigenvalue weighted by molar-refractivity contribution is 5.94. The highest BCUT2D eigenvalue weighted by Gasteiger charge is 2.19. The Hall–Kier alpha value is -2.90. The van der Waals surface area contributed by atoms with Crippen LogP contribution in [0.2, 0.25) is 0 Å².